The van der Waals surface area contributed by atoms with Gasteiger partial charge in [0.15, 0.2) is 28.6 Å². The minimum atomic E-state index is -1.39. The van der Waals surface area contributed by atoms with Crippen LogP contribution in [-0.4, -0.2) is 40.1 Å². The van der Waals surface area contributed by atoms with E-state index in [9.17, 15) is 14.7 Å². The molecule has 0 radical (unpaired) electrons. The largest absolute Gasteiger partial charge is 0.504 e. The van der Waals surface area contributed by atoms with Gasteiger partial charge in [0, 0.05) is 23.0 Å². The van der Waals surface area contributed by atoms with E-state index in [1.54, 1.807) is 42.5 Å². The molecule has 0 spiro atoms. The first-order valence-electron chi connectivity index (χ1n) is 19.7. The van der Waals surface area contributed by atoms with Crippen LogP contribution in [0.4, 0.5) is 5.69 Å². The lowest BCUT2D eigenvalue weighted by Gasteiger charge is -2.55. The molecule has 9 heteroatoms. The zero-order valence-electron chi connectivity index (χ0n) is 31.6. The molecule has 3 aliphatic carbocycles. The molecule has 2 fully saturated rings. The molecule has 2 heterocycles. The number of phenolic OH excluding ortho intramolecular Hbond substituents is 1. The Balaban J connectivity index is 1.10. The Kier molecular flexibility index (Phi) is 8.37. The molecule has 10 rings (SSSR count). The van der Waals surface area contributed by atoms with Crippen molar-refractivity contribution in [3.05, 3.63) is 162 Å². The molecule has 6 atom stereocenters. The van der Waals surface area contributed by atoms with Crippen LogP contribution in [0.2, 0.25) is 0 Å². The third kappa shape index (κ3) is 5.26. The zero-order valence-corrected chi connectivity index (χ0v) is 31.6. The lowest BCUT2D eigenvalue weighted by atomic mass is 9.44. The van der Waals surface area contributed by atoms with Crippen molar-refractivity contribution in [1.29, 1.82) is 0 Å². The molecule has 2 amide bonds. The quantitative estimate of drug-likeness (QED) is 0.126. The standard InChI is InChI=1S/C49H38N2O7/c1-2-57-41-25-30(19-24-39(41)52)44-33-22-23-34-43(48(56)51(47(34)55)32-20-17-29(18-21-32)46-50-38-15-9-10-16-40(38)58-46)36(33)26-37-45(54)35(28-11-5-3-6-12-28)27-42(53)49(37,44)31-13-7-4-8-14-31/h3-22,24-25,27,34,36-37,43-44,52H,2,23,26H2,1H3. The number of Topliss-reactive ketones (excluding diaryl/α,β-unsaturated/α-hetero) is 1. The molecular weight excluding hydrogens is 729 g/mol. The number of benzene rings is 5. The minimum Gasteiger partial charge on any atom is -0.504 e. The Bertz CT molecular complexity index is 2680. The van der Waals surface area contributed by atoms with E-state index < -0.39 is 35.0 Å². The molecule has 1 aromatic heterocycles. The van der Waals surface area contributed by atoms with Crippen LogP contribution in [0, 0.1) is 23.7 Å². The fourth-order valence-corrected chi connectivity index (χ4v) is 10.2. The Hall–Kier alpha value is -6.87. The number of rotatable bonds is 7. The van der Waals surface area contributed by atoms with Gasteiger partial charge in [-0.2, -0.15) is 0 Å². The van der Waals surface area contributed by atoms with Gasteiger partial charge in [-0.05, 0) is 97.0 Å². The molecule has 0 bridgehead atoms. The fraction of sp³-hybridized carbons (Fsp3) is 0.204. The number of anilines is 1. The monoisotopic (exact) mass is 766 g/mol. The normalized spacial score (nSPS) is 25.2. The molecule has 6 unspecified atom stereocenters. The van der Waals surface area contributed by atoms with Gasteiger partial charge < -0.3 is 14.3 Å². The molecule has 1 N–H and O–H groups in total. The summed E-state index contributed by atoms with van der Waals surface area (Å²) in [5.41, 5.74) is 4.31. The van der Waals surface area contributed by atoms with Crippen LogP contribution in [0.1, 0.15) is 42.4 Å². The van der Waals surface area contributed by atoms with E-state index in [0.29, 0.717) is 51.6 Å². The number of hydrogen-bond acceptors (Lipinski definition) is 8. The molecule has 5 aromatic carbocycles. The van der Waals surface area contributed by atoms with E-state index in [1.165, 1.54) is 11.0 Å². The maximum absolute atomic E-state index is 15.3. The number of allylic oxidation sites excluding steroid dienone is 4. The average molecular weight is 767 g/mol. The van der Waals surface area contributed by atoms with Crippen molar-refractivity contribution in [3.63, 3.8) is 0 Å². The second kappa shape index (κ2) is 13.7. The van der Waals surface area contributed by atoms with Crippen molar-refractivity contribution in [3.8, 4) is 23.0 Å². The summed E-state index contributed by atoms with van der Waals surface area (Å²) in [6, 6.07) is 38.3. The highest BCUT2D eigenvalue weighted by Gasteiger charge is 2.66. The van der Waals surface area contributed by atoms with Crippen LogP contribution in [0.3, 0.4) is 0 Å². The highest BCUT2D eigenvalue weighted by molar-refractivity contribution is 6.32. The Labute approximate surface area is 334 Å². The van der Waals surface area contributed by atoms with Gasteiger partial charge in [0.25, 0.3) is 0 Å². The molecule has 1 aliphatic heterocycles. The summed E-state index contributed by atoms with van der Waals surface area (Å²) < 4.78 is 11.8. The number of carbonyl (C=O) groups excluding carboxylic acids is 4. The summed E-state index contributed by atoms with van der Waals surface area (Å²) in [6.07, 6.45) is 4.01. The number of fused-ring (bicyclic) bond motifs is 5. The first kappa shape index (κ1) is 35.5. The predicted octanol–water partition coefficient (Wildman–Crippen LogP) is 8.63. The summed E-state index contributed by atoms with van der Waals surface area (Å²) in [6.45, 7) is 2.12. The highest BCUT2D eigenvalue weighted by Crippen LogP contribution is 2.64. The van der Waals surface area contributed by atoms with Crippen LogP contribution in [0.15, 0.2) is 150 Å². The Morgan fingerprint density at radius 3 is 2.28 bits per heavy atom. The van der Waals surface area contributed by atoms with Crippen LogP contribution >= 0.6 is 0 Å². The second-order valence-corrected chi connectivity index (χ2v) is 15.5. The first-order chi connectivity index (χ1) is 28.3. The minimum absolute atomic E-state index is 0.0485. The van der Waals surface area contributed by atoms with E-state index in [0.717, 1.165) is 11.1 Å². The lowest BCUT2D eigenvalue weighted by Crippen LogP contribution is -2.58. The van der Waals surface area contributed by atoms with Crippen molar-refractivity contribution >= 4 is 45.7 Å². The maximum Gasteiger partial charge on any atom is 0.238 e. The van der Waals surface area contributed by atoms with Gasteiger partial charge in [-0.25, -0.2) is 4.98 Å². The predicted molar refractivity (Wildman–Crippen MR) is 218 cm³/mol. The lowest BCUT2D eigenvalue weighted by molar-refractivity contribution is -0.135. The van der Waals surface area contributed by atoms with E-state index in [1.807, 2.05) is 97.9 Å². The number of ether oxygens (including phenoxy) is 1. The summed E-state index contributed by atoms with van der Waals surface area (Å²) in [7, 11) is 0. The number of amides is 2. The fourth-order valence-electron chi connectivity index (χ4n) is 10.2. The molecule has 58 heavy (non-hydrogen) atoms. The molecule has 1 saturated heterocycles. The number of nitrogens with zero attached hydrogens (tertiary/aromatic N) is 2. The zero-order chi connectivity index (χ0) is 39.7. The molecule has 6 aromatic rings. The topological polar surface area (TPSA) is 127 Å². The van der Waals surface area contributed by atoms with E-state index >= 15 is 9.59 Å². The van der Waals surface area contributed by atoms with Crippen molar-refractivity contribution < 1.29 is 33.4 Å². The van der Waals surface area contributed by atoms with Crippen molar-refractivity contribution in [2.75, 3.05) is 11.5 Å². The number of aromatic nitrogens is 1. The van der Waals surface area contributed by atoms with Gasteiger partial charge >= 0.3 is 0 Å². The number of hydrogen-bond donors (Lipinski definition) is 1. The number of phenols is 1. The summed E-state index contributed by atoms with van der Waals surface area (Å²) in [5, 5.41) is 10.8. The summed E-state index contributed by atoms with van der Waals surface area (Å²) in [4.78, 5) is 65.7. The van der Waals surface area contributed by atoms with E-state index in [-0.39, 0.29) is 47.7 Å². The SMILES string of the molecule is CCOc1cc(C2C3=CCC4C(=O)N(c5ccc(-c6nc7ccccc7o6)cc5)C(=O)C4C3CC3C(=O)C(c4ccccc4)=CC(=O)C32c2ccccc2)ccc1O. The van der Waals surface area contributed by atoms with Crippen LogP contribution in [0.25, 0.3) is 28.1 Å². The number of oxazole rings is 1. The highest BCUT2D eigenvalue weighted by atomic mass is 16.5. The van der Waals surface area contributed by atoms with Crippen molar-refractivity contribution in [2.24, 2.45) is 23.7 Å². The van der Waals surface area contributed by atoms with Crippen LogP contribution in [0.5, 0.6) is 11.5 Å². The van der Waals surface area contributed by atoms with Crippen LogP contribution < -0.4 is 9.64 Å². The third-order valence-corrected chi connectivity index (χ3v) is 12.7. The molecule has 286 valence electrons. The third-order valence-electron chi connectivity index (χ3n) is 12.7. The smallest absolute Gasteiger partial charge is 0.238 e. The van der Waals surface area contributed by atoms with Gasteiger partial charge in [-0.1, -0.05) is 90.5 Å². The maximum atomic E-state index is 15.3. The molecular formula is C49H38N2O7. The second-order valence-electron chi connectivity index (χ2n) is 15.5. The first-order valence-corrected chi connectivity index (χ1v) is 19.7. The average Bonchev–Trinajstić information content (AvgIpc) is 3.81. The number of carbonyl (C=O) groups is 4. The van der Waals surface area contributed by atoms with E-state index in [2.05, 4.69) is 4.98 Å². The van der Waals surface area contributed by atoms with Crippen molar-refractivity contribution in [1.82, 2.24) is 4.98 Å². The summed E-state index contributed by atoms with van der Waals surface area (Å²) >= 11 is 0. The van der Waals surface area contributed by atoms with Crippen LogP contribution in [-0.2, 0) is 24.6 Å². The van der Waals surface area contributed by atoms with Gasteiger partial charge in [0.2, 0.25) is 17.7 Å². The van der Waals surface area contributed by atoms with E-state index in [4.69, 9.17) is 9.15 Å². The molecule has 1 saturated carbocycles. The van der Waals surface area contributed by atoms with Gasteiger partial charge in [-0.3, -0.25) is 24.1 Å². The number of para-hydroxylation sites is 2. The number of ketones is 2. The Morgan fingerprint density at radius 2 is 1.53 bits per heavy atom. The number of aromatic hydroxyl groups is 1. The van der Waals surface area contributed by atoms with Crippen molar-refractivity contribution in [2.45, 2.75) is 31.1 Å². The van der Waals surface area contributed by atoms with Gasteiger partial charge in [0.05, 0.1) is 29.5 Å². The molecule has 4 aliphatic rings. The van der Waals surface area contributed by atoms with Gasteiger partial charge in [0.1, 0.15) is 5.52 Å². The molecule has 9 nitrogen and oxygen atoms in total. The summed E-state index contributed by atoms with van der Waals surface area (Å²) in [5.74, 6) is -3.96. The number of imide groups is 1. The van der Waals surface area contributed by atoms with Gasteiger partial charge in [-0.15, -0.1) is 0 Å². The Morgan fingerprint density at radius 1 is 0.810 bits per heavy atom.